The summed E-state index contributed by atoms with van der Waals surface area (Å²) in [6, 6.07) is 1.42. The predicted molar refractivity (Wildman–Crippen MR) is 77.0 cm³/mol. The number of carbonyl (C=O) groups is 1. The number of aromatic nitrogens is 3. The number of ether oxygens (including phenoxy) is 1. The van der Waals surface area contributed by atoms with Gasteiger partial charge in [-0.15, -0.1) is 0 Å². The third-order valence-corrected chi connectivity index (χ3v) is 4.18. The molecule has 0 atom stereocenters. The van der Waals surface area contributed by atoms with Gasteiger partial charge in [-0.1, -0.05) is 0 Å². The molecule has 1 N–H and O–H groups in total. The van der Waals surface area contributed by atoms with E-state index >= 15 is 0 Å². The van der Waals surface area contributed by atoms with Crippen LogP contribution in [0.5, 0.6) is 0 Å². The van der Waals surface area contributed by atoms with Crippen LogP contribution in [-0.4, -0.2) is 36.3 Å². The first-order valence-corrected chi connectivity index (χ1v) is 7.91. The van der Waals surface area contributed by atoms with E-state index < -0.39 is 16.0 Å². The Kier molecular flexibility index (Phi) is 4.58. The van der Waals surface area contributed by atoms with E-state index in [4.69, 9.17) is 0 Å². The Bertz CT molecular complexity index is 759. The zero-order chi connectivity index (χ0) is 15.5. The second-order valence-electron chi connectivity index (χ2n) is 3.95. The van der Waals surface area contributed by atoms with Crippen molar-refractivity contribution in [2.45, 2.75) is 11.4 Å². The maximum atomic E-state index is 12.1. The van der Waals surface area contributed by atoms with Crippen molar-refractivity contribution in [2.24, 2.45) is 0 Å². The molecule has 2 rings (SSSR count). The number of hydrogen-bond donors (Lipinski definition) is 1. The highest BCUT2D eigenvalue weighted by molar-refractivity contribution is 9.10. The second-order valence-corrected chi connectivity index (χ2v) is 6.55. The van der Waals surface area contributed by atoms with Gasteiger partial charge in [0.15, 0.2) is 0 Å². The van der Waals surface area contributed by atoms with Crippen molar-refractivity contribution in [1.82, 2.24) is 14.8 Å². The van der Waals surface area contributed by atoms with Gasteiger partial charge >= 0.3 is 5.97 Å². The zero-order valence-electron chi connectivity index (χ0n) is 10.9. The van der Waals surface area contributed by atoms with E-state index in [1.807, 2.05) is 0 Å². The number of methoxy groups -OCH3 is 1. The number of halogens is 1. The summed E-state index contributed by atoms with van der Waals surface area (Å²) in [4.78, 5) is 14.9. The summed E-state index contributed by atoms with van der Waals surface area (Å²) in [5.41, 5.74) is 0.235. The molecule has 0 spiro atoms. The third-order valence-electron chi connectivity index (χ3n) is 2.39. The monoisotopic (exact) mass is 374 g/mol. The highest BCUT2D eigenvalue weighted by Gasteiger charge is 2.16. The van der Waals surface area contributed by atoms with Gasteiger partial charge in [0.25, 0.3) is 10.0 Å². The van der Waals surface area contributed by atoms with Crippen molar-refractivity contribution >= 4 is 37.6 Å². The minimum Gasteiger partial charge on any atom is -0.468 e. The van der Waals surface area contributed by atoms with E-state index in [0.717, 1.165) is 0 Å². The van der Waals surface area contributed by atoms with Gasteiger partial charge in [0.1, 0.15) is 11.4 Å². The van der Waals surface area contributed by atoms with Crippen molar-refractivity contribution in [3.8, 4) is 0 Å². The zero-order valence-corrected chi connectivity index (χ0v) is 13.3. The molecule has 0 amide bonds. The normalized spacial score (nSPS) is 11.1. The van der Waals surface area contributed by atoms with Crippen LogP contribution in [0.2, 0.25) is 0 Å². The molecule has 21 heavy (non-hydrogen) atoms. The highest BCUT2D eigenvalue weighted by atomic mass is 79.9. The number of sulfonamides is 1. The van der Waals surface area contributed by atoms with Crippen molar-refractivity contribution in [1.29, 1.82) is 0 Å². The molecule has 0 fully saturated rings. The molecule has 0 aromatic carbocycles. The molecule has 2 aromatic rings. The molecule has 2 aromatic heterocycles. The van der Waals surface area contributed by atoms with Crippen LogP contribution >= 0.6 is 15.9 Å². The lowest BCUT2D eigenvalue weighted by Crippen LogP contribution is -2.13. The second kappa shape index (κ2) is 6.22. The van der Waals surface area contributed by atoms with Gasteiger partial charge in [-0.3, -0.25) is 19.2 Å². The Labute approximate surface area is 129 Å². The highest BCUT2D eigenvalue weighted by Crippen LogP contribution is 2.17. The fourth-order valence-electron chi connectivity index (χ4n) is 1.45. The quantitative estimate of drug-likeness (QED) is 0.783. The molecule has 10 heteroatoms. The van der Waals surface area contributed by atoms with E-state index in [0.29, 0.717) is 4.47 Å². The summed E-state index contributed by atoms with van der Waals surface area (Å²) in [7, 11) is -2.51. The lowest BCUT2D eigenvalue weighted by Gasteiger charge is -2.05. The standard InChI is InChI=1S/C11H11BrN4O4S/c1-20-11(17)7-16-6-9(4-14-16)15-21(18,19)10-2-8(12)3-13-5-10/h2-6,15H,7H2,1H3. The average Bonchev–Trinajstić information content (AvgIpc) is 2.85. The molecule has 0 saturated carbocycles. The number of rotatable bonds is 5. The number of pyridine rings is 1. The molecule has 0 unspecified atom stereocenters. The van der Waals surface area contributed by atoms with Crippen LogP contribution in [-0.2, 0) is 26.1 Å². The molecule has 2 heterocycles. The van der Waals surface area contributed by atoms with Crippen LogP contribution in [0.1, 0.15) is 0 Å². The molecular weight excluding hydrogens is 364 g/mol. The number of hydrogen-bond acceptors (Lipinski definition) is 6. The Balaban J connectivity index is 2.16. The van der Waals surface area contributed by atoms with Gasteiger partial charge in [-0.25, -0.2) is 8.42 Å². The molecule has 0 saturated heterocycles. The van der Waals surface area contributed by atoms with Gasteiger partial charge in [-0.2, -0.15) is 5.10 Å². The first-order chi connectivity index (χ1) is 9.90. The van der Waals surface area contributed by atoms with E-state index in [-0.39, 0.29) is 17.1 Å². The summed E-state index contributed by atoms with van der Waals surface area (Å²) in [6.07, 6.45) is 5.39. The fraction of sp³-hybridized carbons (Fsp3) is 0.182. The summed E-state index contributed by atoms with van der Waals surface area (Å²) in [5, 5.41) is 3.86. The molecule has 0 aliphatic heterocycles. The van der Waals surface area contributed by atoms with Gasteiger partial charge in [-0.05, 0) is 22.0 Å². The maximum absolute atomic E-state index is 12.1. The van der Waals surface area contributed by atoms with Crippen molar-refractivity contribution in [2.75, 3.05) is 11.8 Å². The molecule has 0 bridgehead atoms. The van der Waals surface area contributed by atoms with Crippen LogP contribution in [0.4, 0.5) is 5.69 Å². The van der Waals surface area contributed by atoms with E-state index in [9.17, 15) is 13.2 Å². The SMILES string of the molecule is COC(=O)Cn1cc(NS(=O)(=O)c2cncc(Br)c2)cn1. The van der Waals surface area contributed by atoms with Crippen molar-refractivity contribution < 1.29 is 17.9 Å². The first-order valence-electron chi connectivity index (χ1n) is 5.63. The summed E-state index contributed by atoms with van der Waals surface area (Å²) in [5.74, 6) is -0.483. The molecular formula is C11H11BrN4O4S. The van der Waals surface area contributed by atoms with Gasteiger partial charge in [0.05, 0.1) is 19.0 Å². The van der Waals surface area contributed by atoms with E-state index in [1.54, 1.807) is 0 Å². The van der Waals surface area contributed by atoms with Crippen LogP contribution < -0.4 is 4.72 Å². The number of nitrogens with zero attached hydrogens (tertiary/aromatic N) is 3. The molecule has 0 aliphatic rings. The van der Waals surface area contributed by atoms with E-state index in [2.05, 4.69) is 35.5 Å². The molecule has 0 radical (unpaired) electrons. The van der Waals surface area contributed by atoms with Crippen molar-refractivity contribution in [3.05, 3.63) is 35.3 Å². The van der Waals surface area contributed by atoms with Gasteiger partial charge < -0.3 is 4.74 Å². The smallest absolute Gasteiger partial charge is 0.327 e. The Hall–Kier alpha value is -1.94. The van der Waals surface area contributed by atoms with Crippen LogP contribution in [0, 0.1) is 0 Å². The molecule has 0 aliphatic carbocycles. The van der Waals surface area contributed by atoms with Gasteiger partial charge in [0, 0.05) is 23.1 Å². The minimum atomic E-state index is -3.77. The lowest BCUT2D eigenvalue weighted by atomic mass is 10.5. The Morgan fingerprint density at radius 2 is 2.19 bits per heavy atom. The van der Waals surface area contributed by atoms with Crippen LogP contribution in [0.15, 0.2) is 40.2 Å². The van der Waals surface area contributed by atoms with Crippen molar-refractivity contribution in [3.63, 3.8) is 0 Å². The minimum absolute atomic E-state index is 0.0117. The number of esters is 1. The fourth-order valence-corrected chi connectivity index (χ4v) is 2.98. The topological polar surface area (TPSA) is 103 Å². The van der Waals surface area contributed by atoms with E-state index in [1.165, 1.54) is 42.6 Å². The third kappa shape index (κ3) is 4.02. The first kappa shape index (κ1) is 15.4. The number of carbonyl (C=O) groups excluding carboxylic acids is 1. The Morgan fingerprint density at radius 1 is 1.43 bits per heavy atom. The average molecular weight is 375 g/mol. The van der Waals surface area contributed by atoms with Gasteiger partial charge in [0.2, 0.25) is 0 Å². The Morgan fingerprint density at radius 3 is 2.86 bits per heavy atom. The largest absolute Gasteiger partial charge is 0.468 e. The summed E-state index contributed by atoms with van der Waals surface area (Å²) < 4.78 is 32.9. The molecule has 112 valence electrons. The summed E-state index contributed by atoms with van der Waals surface area (Å²) >= 11 is 3.16. The number of nitrogens with one attached hydrogen (secondary N) is 1. The number of anilines is 1. The summed E-state index contributed by atoms with van der Waals surface area (Å²) in [6.45, 7) is -0.101. The van der Waals surface area contributed by atoms with Crippen LogP contribution in [0.25, 0.3) is 0 Å². The lowest BCUT2D eigenvalue weighted by molar-refractivity contribution is -0.141. The maximum Gasteiger partial charge on any atom is 0.327 e. The van der Waals surface area contributed by atoms with Crippen LogP contribution in [0.3, 0.4) is 0 Å². The molecule has 8 nitrogen and oxygen atoms in total. The predicted octanol–water partition coefficient (Wildman–Crippen LogP) is 1.01.